The molecule has 0 spiro atoms. The van der Waals surface area contributed by atoms with Crippen molar-refractivity contribution in [3.8, 4) is 0 Å². The molecule has 0 unspecified atom stereocenters. The summed E-state index contributed by atoms with van der Waals surface area (Å²) in [6.45, 7) is 10.5. The molecule has 2 amide bonds. The highest BCUT2D eigenvalue weighted by Gasteiger charge is 2.52. The average Bonchev–Trinajstić information content (AvgIpc) is 3.19. The minimum Gasteiger partial charge on any atom is -0.320 e. The highest BCUT2D eigenvalue weighted by Crippen LogP contribution is 2.35. The molecule has 2 aliphatic rings. The summed E-state index contributed by atoms with van der Waals surface area (Å²) in [4.78, 5) is 31.4. The van der Waals surface area contributed by atoms with Gasteiger partial charge in [-0.05, 0) is 43.5 Å². The fraction of sp³-hybridized carbons (Fsp3) is 0.526. The zero-order chi connectivity index (χ0) is 19.1. The third-order valence-electron chi connectivity index (χ3n) is 5.22. The van der Waals surface area contributed by atoms with Crippen molar-refractivity contribution in [1.82, 2.24) is 9.80 Å². The van der Waals surface area contributed by atoms with E-state index < -0.39 is 42.9 Å². The first-order valence-corrected chi connectivity index (χ1v) is 8.66. The highest BCUT2D eigenvalue weighted by molar-refractivity contribution is 5.98. The molecule has 5 nitrogen and oxygen atoms in total. The van der Waals surface area contributed by atoms with Crippen molar-refractivity contribution in [3.63, 3.8) is 0 Å². The second-order valence-electron chi connectivity index (χ2n) is 7.09. The Balaban J connectivity index is 1.88. The van der Waals surface area contributed by atoms with Crippen molar-refractivity contribution in [1.29, 1.82) is 0 Å². The lowest BCUT2D eigenvalue weighted by molar-refractivity contribution is -0.135. The van der Waals surface area contributed by atoms with E-state index in [2.05, 4.69) is 4.85 Å². The Bertz CT molecular complexity index is 787. The summed E-state index contributed by atoms with van der Waals surface area (Å²) in [5.74, 6) is -4.22. The maximum Gasteiger partial charge on any atom is 0.300 e. The third-order valence-corrected chi connectivity index (χ3v) is 5.22. The van der Waals surface area contributed by atoms with Crippen molar-refractivity contribution in [2.75, 3.05) is 13.1 Å². The van der Waals surface area contributed by atoms with Crippen LogP contribution >= 0.6 is 0 Å². The van der Waals surface area contributed by atoms with Crippen LogP contribution in [-0.4, -0.2) is 52.8 Å². The first-order chi connectivity index (χ1) is 12.2. The molecule has 1 aromatic carbocycles. The Kier molecular flexibility index (Phi) is 4.70. The molecule has 0 N–H and O–H groups in total. The lowest BCUT2D eigenvalue weighted by atomic mass is 10.0. The number of nitrogens with zero attached hydrogens (tertiary/aromatic N) is 3. The number of carbonyl (C=O) groups excluding carboxylic acids is 2. The number of carbonyl (C=O) groups is 2. The predicted octanol–water partition coefficient (Wildman–Crippen LogP) is 3.02. The molecule has 0 bridgehead atoms. The molecule has 2 saturated heterocycles. The zero-order valence-electron chi connectivity index (χ0n) is 14.8. The number of alkyl halides is 2. The largest absolute Gasteiger partial charge is 0.320 e. The summed E-state index contributed by atoms with van der Waals surface area (Å²) < 4.78 is 28.1. The Labute approximate surface area is 151 Å². The molecule has 0 aromatic heterocycles. The van der Waals surface area contributed by atoms with Gasteiger partial charge in [-0.25, -0.2) is 15.4 Å². The molecule has 3 rings (SSSR count). The van der Waals surface area contributed by atoms with Crippen molar-refractivity contribution in [2.24, 2.45) is 0 Å². The van der Waals surface area contributed by atoms with Gasteiger partial charge in [-0.3, -0.25) is 19.3 Å². The first-order valence-electron chi connectivity index (χ1n) is 8.66. The zero-order valence-corrected chi connectivity index (χ0v) is 14.8. The summed E-state index contributed by atoms with van der Waals surface area (Å²) in [6, 6.07) is 3.80. The Hall–Kier alpha value is -2.49. The number of likely N-dealkylation sites (tertiary alicyclic amines) is 2. The van der Waals surface area contributed by atoms with E-state index in [-0.39, 0.29) is 0 Å². The number of aryl methyl sites for hydroxylation is 2. The summed E-state index contributed by atoms with van der Waals surface area (Å²) in [5.41, 5.74) is 2.18. The van der Waals surface area contributed by atoms with Gasteiger partial charge in [0.2, 0.25) is 0 Å². The Morgan fingerprint density at radius 3 is 2.62 bits per heavy atom. The van der Waals surface area contributed by atoms with Crippen LogP contribution in [0.1, 0.15) is 40.7 Å². The molecule has 1 aromatic rings. The fourth-order valence-electron chi connectivity index (χ4n) is 3.62. The monoisotopic (exact) mass is 361 g/mol. The third kappa shape index (κ3) is 3.28. The normalized spacial score (nSPS) is 24.6. The van der Waals surface area contributed by atoms with E-state index in [4.69, 9.17) is 6.57 Å². The number of halogens is 2. The molecular formula is C19H21F2N3O2. The second-order valence-corrected chi connectivity index (χ2v) is 7.09. The van der Waals surface area contributed by atoms with Crippen LogP contribution in [0, 0.1) is 20.4 Å². The van der Waals surface area contributed by atoms with Crippen molar-refractivity contribution in [2.45, 2.75) is 51.2 Å². The van der Waals surface area contributed by atoms with Gasteiger partial charge in [-0.15, -0.1) is 0 Å². The lowest BCUT2D eigenvalue weighted by Crippen LogP contribution is -2.48. The van der Waals surface area contributed by atoms with Gasteiger partial charge in [0.25, 0.3) is 17.7 Å². The number of rotatable bonds is 2. The van der Waals surface area contributed by atoms with Gasteiger partial charge in [0.1, 0.15) is 6.04 Å². The average molecular weight is 361 g/mol. The van der Waals surface area contributed by atoms with Gasteiger partial charge in [0.15, 0.2) is 0 Å². The van der Waals surface area contributed by atoms with E-state index in [0.717, 1.165) is 16.0 Å². The summed E-state index contributed by atoms with van der Waals surface area (Å²) in [6.07, 6.45) is -0.0876. The van der Waals surface area contributed by atoms with Gasteiger partial charge in [-0.1, -0.05) is 6.07 Å². The molecule has 26 heavy (non-hydrogen) atoms. The van der Waals surface area contributed by atoms with Crippen LogP contribution < -0.4 is 0 Å². The fourth-order valence-corrected chi connectivity index (χ4v) is 3.62. The molecule has 0 radical (unpaired) electrons. The van der Waals surface area contributed by atoms with E-state index in [9.17, 15) is 18.4 Å². The number of amides is 2. The van der Waals surface area contributed by atoms with Gasteiger partial charge in [0.05, 0.1) is 6.54 Å². The minimum atomic E-state index is -3.11. The first kappa shape index (κ1) is 18.3. The molecule has 2 fully saturated rings. The van der Waals surface area contributed by atoms with Crippen LogP contribution in [0.15, 0.2) is 18.2 Å². The Morgan fingerprint density at radius 1 is 1.23 bits per heavy atom. The van der Waals surface area contributed by atoms with Gasteiger partial charge >= 0.3 is 6.17 Å². The summed E-state index contributed by atoms with van der Waals surface area (Å²) >= 11 is 0. The second kappa shape index (κ2) is 6.67. The molecular weight excluding hydrogens is 340 g/mol. The quantitative estimate of drug-likeness (QED) is 0.760. The summed E-state index contributed by atoms with van der Waals surface area (Å²) in [7, 11) is 0. The van der Waals surface area contributed by atoms with E-state index in [1.807, 2.05) is 13.8 Å². The molecule has 7 heteroatoms. The topological polar surface area (TPSA) is 45.0 Å². The van der Waals surface area contributed by atoms with Crippen LogP contribution in [0.3, 0.4) is 0 Å². The van der Waals surface area contributed by atoms with Crippen molar-refractivity contribution in [3.05, 3.63) is 46.3 Å². The van der Waals surface area contributed by atoms with E-state index in [1.165, 1.54) is 4.90 Å². The maximum atomic E-state index is 14.1. The lowest BCUT2D eigenvalue weighted by Gasteiger charge is -2.27. The van der Waals surface area contributed by atoms with E-state index in [0.29, 0.717) is 24.9 Å². The van der Waals surface area contributed by atoms with Crippen LogP contribution in [0.4, 0.5) is 8.78 Å². The maximum absolute atomic E-state index is 14.1. The van der Waals surface area contributed by atoms with Crippen LogP contribution in [0.5, 0.6) is 0 Å². The van der Waals surface area contributed by atoms with Crippen LogP contribution in [0.2, 0.25) is 0 Å². The van der Waals surface area contributed by atoms with Crippen LogP contribution in [0.25, 0.3) is 4.85 Å². The number of benzene rings is 1. The smallest absolute Gasteiger partial charge is 0.300 e. The van der Waals surface area contributed by atoms with Gasteiger partial charge in [0, 0.05) is 24.9 Å². The van der Waals surface area contributed by atoms with Crippen molar-refractivity contribution >= 4 is 11.8 Å². The molecule has 0 saturated carbocycles. The predicted molar refractivity (Wildman–Crippen MR) is 91.6 cm³/mol. The molecule has 0 aliphatic carbocycles. The standard InChI is InChI=1S/C19H21F2N3O2/c1-12-6-7-14(9-13(12)2)17(25)24-11-19(20,21)10-15(24)18(26)23-8-4-5-16(23)22-3/h6-7,9,15-16H,4-5,8,10-11H2,1-2H3/t15-,16-/m0/s1. The van der Waals surface area contributed by atoms with Gasteiger partial charge in [-0.2, -0.15) is 0 Å². The number of hydrogen-bond acceptors (Lipinski definition) is 2. The summed E-state index contributed by atoms with van der Waals surface area (Å²) in [5, 5.41) is 0. The molecule has 2 aliphatic heterocycles. The molecule has 2 heterocycles. The minimum absolute atomic E-state index is 0.298. The Morgan fingerprint density at radius 2 is 1.96 bits per heavy atom. The number of hydrogen-bond donors (Lipinski definition) is 0. The van der Waals surface area contributed by atoms with Crippen LogP contribution in [-0.2, 0) is 4.79 Å². The van der Waals surface area contributed by atoms with Gasteiger partial charge < -0.3 is 4.90 Å². The SMILES string of the molecule is [C-]#[N+][C@@H]1CCCN1C(=O)[C@@H]1CC(F)(F)CN1C(=O)c1ccc(C)c(C)c1. The van der Waals surface area contributed by atoms with Crippen molar-refractivity contribution < 1.29 is 18.4 Å². The molecule has 138 valence electrons. The molecule has 2 atom stereocenters. The van der Waals surface area contributed by atoms with E-state index in [1.54, 1.807) is 18.2 Å². The van der Waals surface area contributed by atoms with E-state index >= 15 is 0 Å². The highest BCUT2D eigenvalue weighted by atomic mass is 19.3.